The molecule has 1 heterocycles. The van der Waals surface area contributed by atoms with Crippen molar-refractivity contribution in [2.75, 3.05) is 20.3 Å². The second-order valence-corrected chi connectivity index (χ2v) is 5.33. The van der Waals surface area contributed by atoms with E-state index in [-0.39, 0.29) is 18.2 Å². The van der Waals surface area contributed by atoms with Crippen LogP contribution in [0.5, 0.6) is 0 Å². The molecule has 1 amide bonds. The lowest BCUT2D eigenvalue weighted by Crippen LogP contribution is -2.45. The first-order valence-corrected chi connectivity index (χ1v) is 6.01. The molecule has 1 aliphatic heterocycles. The zero-order valence-corrected chi connectivity index (χ0v) is 11.1. The van der Waals surface area contributed by atoms with E-state index in [0.717, 1.165) is 12.8 Å². The first-order valence-electron chi connectivity index (χ1n) is 6.01. The van der Waals surface area contributed by atoms with Crippen LogP contribution in [-0.4, -0.2) is 44.2 Å². The minimum Gasteiger partial charge on any atom is -0.444 e. The Morgan fingerprint density at radius 1 is 1.41 bits per heavy atom. The van der Waals surface area contributed by atoms with Gasteiger partial charge in [-0.05, 0) is 33.6 Å². The lowest BCUT2D eigenvalue weighted by atomic mass is 10.1. The Kier molecular flexibility index (Phi) is 5.21. The van der Waals surface area contributed by atoms with Crippen LogP contribution in [0.4, 0.5) is 4.79 Å². The van der Waals surface area contributed by atoms with Gasteiger partial charge in [-0.1, -0.05) is 0 Å². The Hall–Kier alpha value is -0.810. The van der Waals surface area contributed by atoms with Gasteiger partial charge >= 0.3 is 6.09 Å². The minimum atomic E-state index is -0.460. The molecule has 0 aromatic rings. The van der Waals surface area contributed by atoms with Crippen LogP contribution in [-0.2, 0) is 14.2 Å². The number of carbonyl (C=O) groups excluding carboxylic acids is 1. The predicted molar refractivity (Wildman–Crippen MR) is 64.0 cm³/mol. The molecule has 0 saturated carbocycles. The summed E-state index contributed by atoms with van der Waals surface area (Å²) in [6.07, 6.45) is 1.56. The Labute approximate surface area is 103 Å². The number of hydrogen-bond acceptors (Lipinski definition) is 4. The normalized spacial score (nSPS) is 25.4. The molecule has 17 heavy (non-hydrogen) atoms. The minimum absolute atomic E-state index is 0.0398. The van der Waals surface area contributed by atoms with Gasteiger partial charge in [-0.3, -0.25) is 0 Å². The monoisotopic (exact) mass is 245 g/mol. The standard InChI is InChI=1S/C12H23NO4/c1-12(2,3)17-11(14)13-9-5-6-10(8-15-4)16-7-9/h9-10H,5-8H2,1-4H3,(H,13,14)/t9-,10+/m1/s1. The van der Waals surface area contributed by atoms with Crippen molar-refractivity contribution in [2.24, 2.45) is 0 Å². The predicted octanol–water partition coefficient (Wildman–Crippen LogP) is 1.71. The summed E-state index contributed by atoms with van der Waals surface area (Å²) in [6.45, 7) is 6.67. The average Bonchev–Trinajstić information content (AvgIpc) is 2.18. The molecule has 1 fully saturated rings. The largest absolute Gasteiger partial charge is 0.444 e. The quantitative estimate of drug-likeness (QED) is 0.822. The van der Waals surface area contributed by atoms with Gasteiger partial charge in [-0.25, -0.2) is 4.79 Å². The maximum atomic E-state index is 11.5. The molecule has 5 nitrogen and oxygen atoms in total. The molecule has 5 heteroatoms. The molecule has 0 unspecified atom stereocenters. The molecular formula is C12H23NO4. The van der Waals surface area contributed by atoms with Crippen LogP contribution in [0.25, 0.3) is 0 Å². The summed E-state index contributed by atoms with van der Waals surface area (Å²) in [5.41, 5.74) is -0.460. The Morgan fingerprint density at radius 2 is 2.12 bits per heavy atom. The van der Waals surface area contributed by atoms with E-state index < -0.39 is 5.60 Å². The van der Waals surface area contributed by atoms with E-state index in [4.69, 9.17) is 14.2 Å². The van der Waals surface area contributed by atoms with Gasteiger partial charge in [-0.2, -0.15) is 0 Å². The van der Waals surface area contributed by atoms with Gasteiger partial charge in [-0.15, -0.1) is 0 Å². The molecule has 2 atom stereocenters. The van der Waals surface area contributed by atoms with E-state index in [1.165, 1.54) is 0 Å². The zero-order valence-electron chi connectivity index (χ0n) is 11.1. The topological polar surface area (TPSA) is 56.8 Å². The van der Waals surface area contributed by atoms with Gasteiger partial charge < -0.3 is 19.5 Å². The zero-order chi connectivity index (χ0) is 12.9. The highest BCUT2D eigenvalue weighted by atomic mass is 16.6. The number of hydrogen-bond donors (Lipinski definition) is 1. The lowest BCUT2D eigenvalue weighted by Gasteiger charge is -2.30. The molecule has 0 spiro atoms. The van der Waals surface area contributed by atoms with Gasteiger partial charge in [0, 0.05) is 7.11 Å². The summed E-state index contributed by atoms with van der Waals surface area (Å²) >= 11 is 0. The molecule has 0 radical (unpaired) electrons. The molecular weight excluding hydrogens is 222 g/mol. The van der Waals surface area contributed by atoms with Gasteiger partial charge in [0.2, 0.25) is 0 Å². The van der Waals surface area contributed by atoms with Crippen molar-refractivity contribution in [1.82, 2.24) is 5.32 Å². The van der Waals surface area contributed by atoms with Crippen LogP contribution in [0.3, 0.4) is 0 Å². The van der Waals surface area contributed by atoms with Crippen LogP contribution >= 0.6 is 0 Å². The Balaban J connectivity index is 2.24. The third-order valence-corrected chi connectivity index (χ3v) is 2.44. The molecule has 100 valence electrons. The van der Waals surface area contributed by atoms with Crippen molar-refractivity contribution in [1.29, 1.82) is 0 Å². The number of nitrogens with one attached hydrogen (secondary N) is 1. The number of ether oxygens (including phenoxy) is 3. The van der Waals surface area contributed by atoms with Crippen LogP contribution in [0.2, 0.25) is 0 Å². The number of carbonyl (C=O) groups is 1. The van der Waals surface area contributed by atoms with Crippen molar-refractivity contribution in [2.45, 2.75) is 51.4 Å². The lowest BCUT2D eigenvalue weighted by molar-refractivity contribution is -0.0431. The summed E-state index contributed by atoms with van der Waals surface area (Å²) in [7, 11) is 1.66. The van der Waals surface area contributed by atoms with Gasteiger partial charge in [0.25, 0.3) is 0 Å². The van der Waals surface area contributed by atoms with Crippen LogP contribution in [0.1, 0.15) is 33.6 Å². The molecule has 1 rings (SSSR count). The fraction of sp³-hybridized carbons (Fsp3) is 0.917. The summed E-state index contributed by atoms with van der Waals surface area (Å²) in [6, 6.07) is 0.0398. The molecule has 0 aromatic heterocycles. The summed E-state index contributed by atoms with van der Waals surface area (Å²) in [5.74, 6) is 0. The second-order valence-electron chi connectivity index (χ2n) is 5.33. The molecule has 1 N–H and O–H groups in total. The van der Waals surface area contributed by atoms with Crippen molar-refractivity contribution in [3.8, 4) is 0 Å². The fourth-order valence-corrected chi connectivity index (χ4v) is 1.71. The molecule has 1 aliphatic rings. The number of amides is 1. The smallest absolute Gasteiger partial charge is 0.407 e. The van der Waals surface area contributed by atoms with Crippen molar-refractivity contribution in [3.05, 3.63) is 0 Å². The van der Waals surface area contributed by atoms with Crippen molar-refractivity contribution < 1.29 is 19.0 Å². The fourth-order valence-electron chi connectivity index (χ4n) is 1.71. The van der Waals surface area contributed by atoms with E-state index in [1.54, 1.807) is 7.11 Å². The molecule has 0 aromatic carbocycles. The van der Waals surface area contributed by atoms with E-state index in [2.05, 4.69) is 5.32 Å². The van der Waals surface area contributed by atoms with Gasteiger partial charge in [0.1, 0.15) is 5.60 Å². The number of rotatable bonds is 3. The maximum Gasteiger partial charge on any atom is 0.407 e. The summed E-state index contributed by atoms with van der Waals surface area (Å²) < 4.78 is 15.8. The summed E-state index contributed by atoms with van der Waals surface area (Å²) in [5, 5.41) is 2.81. The van der Waals surface area contributed by atoms with E-state index in [1.807, 2.05) is 20.8 Å². The Morgan fingerprint density at radius 3 is 2.59 bits per heavy atom. The highest BCUT2D eigenvalue weighted by Gasteiger charge is 2.24. The highest BCUT2D eigenvalue weighted by molar-refractivity contribution is 5.68. The van der Waals surface area contributed by atoms with Crippen LogP contribution in [0.15, 0.2) is 0 Å². The number of alkyl carbamates (subject to hydrolysis) is 1. The third kappa shape index (κ3) is 5.89. The number of methoxy groups -OCH3 is 1. The van der Waals surface area contributed by atoms with Crippen LogP contribution in [0, 0.1) is 0 Å². The van der Waals surface area contributed by atoms with Crippen molar-refractivity contribution >= 4 is 6.09 Å². The van der Waals surface area contributed by atoms with Crippen molar-refractivity contribution in [3.63, 3.8) is 0 Å². The van der Waals surface area contributed by atoms with E-state index in [0.29, 0.717) is 13.2 Å². The first-order chi connectivity index (χ1) is 7.90. The molecule has 0 bridgehead atoms. The van der Waals surface area contributed by atoms with E-state index in [9.17, 15) is 4.79 Å². The van der Waals surface area contributed by atoms with Gasteiger partial charge in [0.05, 0.1) is 25.4 Å². The van der Waals surface area contributed by atoms with E-state index >= 15 is 0 Å². The maximum absolute atomic E-state index is 11.5. The SMILES string of the molecule is COC[C@@H]1CC[C@@H](NC(=O)OC(C)(C)C)CO1. The second kappa shape index (κ2) is 6.21. The first kappa shape index (κ1) is 14.3. The van der Waals surface area contributed by atoms with Gasteiger partial charge in [0.15, 0.2) is 0 Å². The molecule has 1 saturated heterocycles. The third-order valence-electron chi connectivity index (χ3n) is 2.44. The summed E-state index contributed by atoms with van der Waals surface area (Å²) in [4.78, 5) is 11.5. The molecule has 0 aliphatic carbocycles. The van der Waals surface area contributed by atoms with Crippen LogP contribution < -0.4 is 5.32 Å². The highest BCUT2D eigenvalue weighted by Crippen LogP contribution is 2.14. The Bertz CT molecular complexity index is 241. The average molecular weight is 245 g/mol.